The molecule has 0 radical (unpaired) electrons. The van der Waals surface area contributed by atoms with Gasteiger partial charge in [0, 0.05) is 5.56 Å². The van der Waals surface area contributed by atoms with Gasteiger partial charge in [-0.15, -0.1) is 0 Å². The van der Waals surface area contributed by atoms with Crippen molar-refractivity contribution in [2.75, 3.05) is 14.2 Å². The lowest BCUT2D eigenvalue weighted by Crippen LogP contribution is -2.07. The molecule has 0 aliphatic carbocycles. The van der Waals surface area contributed by atoms with Gasteiger partial charge in [-0.1, -0.05) is 12.6 Å². The van der Waals surface area contributed by atoms with Gasteiger partial charge in [-0.05, 0) is 66.8 Å². The maximum atomic E-state index is 10.9. The Morgan fingerprint density at radius 3 is 2.33 bits per heavy atom. The molecule has 0 bridgehead atoms. The monoisotopic (exact) mass is 328 g/mol. The summed E-state index contributed by atoms with van der Waals surface area (Å²) >= 11 is 0. The van der Waals surface area contributed by atoms with Gasteiger partial charge >= 0.3 is 0 Å². The Labute approximate surface area is 143 Å². The smallest absolute Gasteiger partial charge is 0.168 e. The number of ether oxygens (including phenoxy) is 2. The summed E-state index contributed by atoms with van der Waals surface area (Å²) in [6, 6.07) is 7.02. The summed E-state index contributed by atoms with van der Waals surface area (Å²) in [5.74, 6) is 1.28. The fourth-order valence-corrected chi connectivity index (χ4v) is 2.90. The van der Waals surface area contributed by atoms with E-state index >= 15 is 0 Å². The van der Waals surface area contributed by atoms with Crippen LogP contribution in [-0.2, 0) is 0 Å². The summed E-state index contributed by atoms with van der Waals surface area (Å²) in [5, 5.41) is 20.9. The van der Waals surface area contributed by atoms with Crippen molar-refractivity contribution in [2.24, 2.45) is 0 Å². The van der Waals surface area contributed by atoms with Gasteiger partial charge in [0.05, 0.1) is 14.2 Å². The summed E-state index contributed by atoms with van der Waals surface area (Å²) in [6.07, 6.45) is -0.894. The predicted molar refractivity (Wildman–Crippen MR) is 95.9 cm³/mol. The van der Waals surface area contributed by atoms with Gasteiger partial charge in [0.25, 0.3) is 0 Å². The molecule has 0 aliphatic rings. The van der Waals surface area contributed by atoms with Crippen molar-refractivity contribution < 1.29 is 19.7 Å². The highest BCUT2D eigenvalue weighted by molar-refractivity contribution is 5.71. The van der Waals surface area contributed by atoms with Gasteiger partial charge in [-0.3, -0.25) is 0 Å². The van der Waals surface area contributed by atoms with E-state index in [-0.39, 0.29) is 5.75 Å². The van der Waals surface area contributed by atoms with Crippen LogP contribution in [0.5, 0.6) is 17.2 Å². The Morgan fingerprint density at radius 1 is 1.12 bits per heavy atom. The van der Waals surface area contributed by atoms with E-state index in [1.165, 1.54) is 0 Å². The summed E-state index contributed by atoms with van der Waals surface area (Å²) < 4.78 is 10.8. The molecule has 24 heavy (non-hydrogen) atoms. The second-order valence-corrected chi connectivity index (χ2v) is 5.93. The Balaban J connectivity index is 2.67. The Bertz CT molecular complexity index is 778. The number of hydrogen-bond donors (Lipinski definition) is 2. The molecule has 4 heteroatoms. The topological polar surface area (TPSA) is 58.9 Å². The number of allylic oxidation sites excluding steroid dienone is 1. The molecular weight excluding hydrogens is 304 g/mol. The summed E-state index contributed by atoms with van der Waals surface area (Å²) in [7, 11) is 3.13. The molecule has 2 aromatic carbocycles. The largest absolute Gasteiger partial charge is 0.508 e. The first-order chi connectivity index (χ1) is 11.3. The molecule has 0 spiro atoms. The van der Waals surface area contributed by atoms with Crippen LogP contribution in [0.1, 0.15) is 40.8 Å². The Morgan fingerprint density at radius 2 is 1.79 bits per heavy atom. The molecule has 1 unspecified atom stereocenters. The van der Waals surface area contributed by atoms with Crippen molar-refractivity contribution in [3.8, 4) is 17.2 Å². The van der Waals surface area contributed by atoms with Gasteiger partial charge in [0.15, 0.2) is 11.5 Å². The van der Waals surface area contributed by atoms with Gasteiger partial charge < -0.3 is 19.7 Å². The molecule has 0 fully saturated rings. The molecule has 0 aromatic heterocycles. The van der Waals surface area contributed by atoms with Gasteiger partial charge in [0.2, 0.25) is 0 Å². The molecule has 0 amide bonds. The highest BCUT2D eigenvalue weighted by Crippen LogP contribution is 2.40. The van der Waals surface area contributed by atoms with E-state index in [1.807, 2.05) is 19.9 Å². The highest BCUT2D eigenvalue weighted by atomic mass is 16.5. The molecule has 0 aliphatic heterocycles. The minimum Gasteiger partial charge on any atom is -0.508 e. The standard InChI is InChI=1S/C20H24O4/c1-11(2)15-9-14(10-17(23-5)20(15)24-6)19(22)18-12(3)7-8-16(21)13(18)4/h7-10,19,21-22H,1H2,2-6H3. The molecular formula is C20H24O4. The molecule has 2 rings (SSSR count). The number of phenols is 1. The second-order valence-electron chi connectivity index (χ2n) is 5.93. The molecule has 0 heterocycles. The summed E-state index contributed by atoms with van der Waals surface area (Å²) in [5.41, 5.74) is 4.50. The highest BCUT2D eigenvalue weighted by Gasteiger charge is 2.21. The number of phenolic OH excluding ortho intramolecular Hbond substituents is 1. The quantitative estimate of drug-likeness (QED) is 0.866. The average Bonchev–Trinajstić information content (AvgIpc) is 2.56. The fourth-order valence-electron chi connectivity index (χ4n) is 2.90. The van der Waals surface area contributed by atoms with E-state index in [0.717, 1.165) is 16.7 Å². The van der Waals surface area contributed by atoms with Gasteiger partial charge in [0.1, 0.15) is 11.9 Å². The summed E-state index contributed by atoms with van der Waals surface area (Å²) in [6.45, 7) is 9.55. The first-order valence-corrected chi connectivity index (χ1v) is 7.70. The van der Waals surface area contributed by atoms with E-state index in [0.29, 0.717) is 28.2 Å². The van der Waals surface area contributed by atoms with Crippen molar-refractivity contribution in [2.45, 2.75) is 26.9 Å². The Kier molecular flexibility index (Phi) is 5.20. The van der Waals surface area contributed by atoms with E-state index in [4.69, 9.17) is 9.47 Å². The van der Waals surface area contributed by atoms with Crippen LogP contribution < -0.4 is 9.47 Å². The van der Waals surface area contributed by atoms with Gasteiger partial charge in [-0.2, -0.15) is 0 Å². The van der Waals surface area contributed by atoms with Crippen LogP contribution >= 0.6 is 0 Å². The molecule has 128 valence electrons. The maximum Gasteiger partial charge on any atom is 0.168 e. The number of rotatable bonds is 5. The second kappa shape index (κ2) is 6.97. The molecule has 1 atom stereocenters. The van der Waals surface area contributed by atoms with Crippen LogP contribution in [0.25, 0.3) is 5.57 Å². The predicted octanol–water partition coefficient (Wildman–Crippen LogP) is 4.14. The normalized spacial score (nSPS) is 11.9. The van der Waals surface area contributed by atoms with Crippen LogP contribution in [0.4, 0.5) is 0 Å². The first kappa shape index (κ1) is 17.9. The van der Waals surface area contributed by atoms with E-state index < -0.39 is 6.10 Å². The van der Waals surface area contributed by atoms with E-state index in [9.17, 15) is 10.2 Å². The number of aliphatic hydroxyl groups is 1. The minimum atomic E-state index is -0.894. The Hall–Kier alpha value is -2.46. The number of benzene rings is 2. The molecule has 4 nitrogen and oxygen atoms in total. The summed E-state index contributed by atoms with van der Waals surface area (Å²) in [4.78, 5) is 0. The van der Waals surface area contributed by atoms with Crippen LogP contribution in [0.3, 0.4) is 0 Å². The lowest BCUT2D eigenvalue weighted by Gasteiger charge is -2.21. The van der Waals surface area contributed by atoms with Crippen molar-refractivity contribution in [3.63, 3.8) is 0 Å². The van der Waals surface area contributed by atoms with Crippen molar-refractivity contribution in [1.29, 1.82) is 0 Å². The maximum absolute atomic E-state index is 10.9. The minimum absolute atomic E-state index is 0.162. The first-order valence-electron chi connectivity index (χ1n) is 7.70. The third-order valence-electron chi connectivity index (χ3n) is 4.25. The molecule has 2 N–H and O–H groups in total. The van der Waals surface area contributed by atoms with Crippen LogP contribution in [-0.4, -0.2) is 24.4 Å². The third kappa shape index (κ3) is 3.10. The third-order valence-corrected chi connectivity index (χ3v) is 4.25. The van der Waals surface area contributed by atoms with E-state index in [1.54, 1.807) is 39.3 Å². The zero-order chi connectivity index (χ0) is 18.0. The number of aryl methyl sites for hydroxylation is 1. The number of aliphatic hydroxyl groups excluding tert-OH is 1. The zero-order valence-electron chi connectivity index (χ0n) is 14.8. The number of hydrogen-bond acceptors (Lipinski definition) is 4. The SMILES string of the molecule is C=C(C)c1cc(C(O)c2c(C)ccc(O)c2C)cc(OC)c1OC. The lowest BCUT2D eigenvalue weighted by atomic mass is 9.91. The van der Waals surface area contributed by atoms with Crippen LogP contribution in [0, 0.1) is 13.8 Å². The number of aromatic hydroxyl groups is 1. The van der Waals surface area contributed by atoms with Gasteiger partial charge in [-0.25, -0.2) is 0 Å². The molecule has 0 saturated carbocycles. The van der Waals surface area contributed by atoms with Crippen molar-refractivity contribution in [3.05, 3.63) is 58.7 Å². The number of methoxy groups -OCH3 is 2. The van der Waals surface area contributed by atoms with E-state index in [2.05, 4.69) is 6.58 Å². The van der Waals surface area contributed by atoms with Crippen LogP contribution in [0.15, 0.2) is 30.8 Å². The zero-order valence-corrected chi connectivity index (χ0v) is 14.8. The van der Waals surface area contributed by atoms with Crippen molar-refractivity contribution >= 4 is 5.57 Å². The molecule has 0 saturated heterocycles. The molecule has 2 aromatic rings. The lowest BCUT2D eigenvalue weighted by molar-refractivity contribution is 0.217. The fraction of sp³-hybridized carbons (Fsp3) is 0.300. The van der Waals surface area contributed by atoms with Crippen LogP contribution in [0.2, 0.25) is 0 Å². The van der Waals surface area contributed by atoms with Crippen molar-refractivity contribution in [1.82, 2.24) is 0 Å². The average molecular weight is 328 g/mol.